The lowest BCUT2D eigenvalue weighted by Crippen LogP contribution is -2.51. The fourth-order valence-electron chi connectivity index (χ4n) is 3.98. The Hall–Kier alpha value is -1.65. The summed E-state index contributed by atoms with van der Waals surface area (Å²) in [4.78, 5) is 26.7. The van der Waals surface area contributed by atoms with E-state index in [4.69, 9.17) is 0 Å². The quantitative estimate of drug-likeness (QED) is 0.752. The van der Waals surface area contributed by atoms with Crippen molar-refractivity contribution in [3.05, 3.63) is 23.3 Å². The van der Waals surface area contributed by atoms with Crippen molar-refractivity contribution < 1.29 is 14.1 Å². The molecule has 2 amide bonds. The zero-order valence-electron chi connectivity index (χ0n) is 13.1. The van der Waals surface area contributed by atoms with E-state index in [9.17, 15) is 14.1 Å². The summed E-state index contributed by atoms with van der Waals surface area (Å²) >= 11 is 0. The molecule has 1 saturated carbocycles. The van der Waals surface area contributed by atoms with Crippen LogP contribution in [0.2, 0.25) is 0 Å². The summed E-state index contributed by atoms with van der Waals surface area (Å²) in [5, 5.41) is 0.152. The molecule has 4 nitrogen and oxygen atoms in total. The van der Waals surface area contributed by atoms with Crippen molar-refractivity contribution >= 4 is 11.8 Å². The van der Waals surface area contributed by atoms with Gasteiger partial charge in [-0.25, -0.2) is 0 Å². The van der Waals surface area contributed by atoms with Gasteiger partial charge in [-0.15, -0.1) is 0 Å². The average molecular weight is 306 g/mol. The Kier molecular flexibility index (Phi) is 4.32. The topological polar surface area (TPSA) is 40.6 Å². The normalized spacial score (nSPS) is 23.7. The standard InChI is InChI=1S/C17H23FN2O2/c1-19(18)17(22)15(12-7-3-2-4-8-12)20-11-13-9-5-6-10-14(13)16(20)21/h6,10,12,15H,2-5,7-9,11H2,1H3. The summed E-state index contributed by atoms with van der Waals surface area (Å²) in [5.74, 6) is -0.602. The van der Waals surface area contributed by atoms with Gasteiger partial charge in [0, 0.05) is 19.2 Å². The third-order valence-electron chi connectivity index (χ3n) is 5.12. The van der Waals surface area contributed by atoms with Gasteiger partial charge in [-0.2, -0.15) is 5.12 Å². The predicted octanol–water partition coefficient (Wildman–Crippen LogP) is 2.77. The Balaban J connectivity index is 1.85. The maximum atomic E-state index is 13.6. The molecule has 0 spiro atoms. The second kappa shape index (κ2) is 6.23. The lowest BCUT2D eigenvalue weighted by molar-refractivity contribution is -0.155. The van der Waals surface area contributed by atoms with E-state index >= 15 is 0 Å². The summed E-state index contributed by atoms with van der Waals surface area (Å²) < 4.78 is 13.6. The van der Waals surface area contributed by atoms with E-state index < -0.39 is 11.9 Å². The zero-order valence-corrected chi connectivity index (χ0v) is 13.1. The maximum absolute atomic E-state index is 13.6. The van der Waals surface area contributed by atoms with E-state index in [1.807, 2.05) is 12.2 Å². The van der Waals surface area contributed by atoms with Crippen LogP contribution in [0.25, 0.3) is 0 Å². The Labute approximate surface area is 130 Å². The molecular formula is C17H23FN2O2. The molecular weight excluding hydrogens is 283 g/mol. The van der Waals surface area contributed by atoms with Gasteiger partial charge in [0.1, 0.15) is 6.04 Å². The van der Waals surface area contributed by atoms with Crippen molar-refractivity contribution in [3.8, 4) is 0 Å². The minimum atomic E-state index is -0.651. The van der Waals surface area contributed by atoms with Crippen LogP contribution in [0.1, 0.15) is 44.9 Å². The molecule has 3 aliphatic rings. The Morgan fingerprint density at radius 1 is 1.36 bits per heavy atom. The van der Waals surface area contributed by atoms with Gasteiger partial charge in [0.25, 0.3) is 11.8 Å². The maximum Gasteiger partial charge on any atom is 0.273 e. The fraction of sp³-hybridized carbons (Fsp3) is 0.647. The van der Waals surface area contributed by atoms with Crippen molar-refractivity contribution in [1.29, 1.82) is 0 Å². The summed E-state index contributed by atoms with van der Waals surface area (Å²) in [6.07, 6.45) is 10.7. The summed E-state index contributed by atoms with van der Waals surface area (Å²) in [5.41, 5.74) is 1.82. The van der Waals surface area contributed by atoms with Gasteiger partial charge in [-0.05, 0) is 37.2 Å². The predicted molar refractivity (Wildman–Crippen MR) is 81.4 cm³/mol. The highest BCUT2D eigenvalue weighted by Gasteiger charge is 2.42. The van der Waals surface area contributed by atoms with E-state index in [-0.39, 0.29) is 16.9 Å². The molecule has 0 aromatic rings. The summed E-state index contributed by atoms with van der Waals surface area (Å²) in [6.45, 7) is 0.485. The van der Waals surface area contributed by atoms with E-state index in [0.717, 1.165) is 63.1 Å². The van der Waals surface area contributed by atoms with Crippen LogP contribution in [0.5, 0.6) is 0 Å². The number of halogens is 1. The molecule has 0 aromatic heterocycles. The number of allylic oxidation sites excluding steroid dienone is 1. The smallest absolute Gasteiger partial charge is 0.273 e. The highest BCUT2D eigenvalue weighted by Crippen LogP contribution is 2.35. The molecule has 1 aliphatic heterocycles. The molecule has 2 aliphatic carbocycles. The number of nitrogens with zero attached hydrogens (tertiary/aromatic N) is 2. The largest absolute Gasteiger partial charge is 0.322 e. The second-order valence-electron chi connectivity index (χ2n) is 6.55. The van der Waals surface area contributed by atoms with Crippen LogP contribution < -0.4 is 0 Å². The Morgan fingerprint density at radius 2 is 2.09 bits per heavy atom. The summed E-state index contributed by atoms with van der Waals surface area (Å²) in [6, 6.07) is -0.651. The van der Waals surface area contributed by atoms with Crippen molar-refractivity contribution in [2.75, 3.05) is 13.6 Å². The lowest BCUT2D eigenvalue weighted by atomic mass is 9.82. The molecule has 1 atom stereocenters. The molecule has 120 valence electrons. The zero-order chi connectivity index (χ0) is 15.7. The highest BCUT2D eigenvalue weighted by atomic mass is 19.2. The van der Waals surface area contributed by atoms with Crippen LogP contribution in [0, 0.1) is 5.92 Å². The highest BCUT2D eigenvalue weighted by molar-refractivity contribution is 6.02. The molecule has 1 unspecified atom stereocenters. The summed E-state index contributed by atoms with van der Waals surface area (Å²) in [7, 11) is 1.13. The second-order valence-corrected chi connectivity index (χ2v) is 6.55. The molecule has 3 rings (SSSR count). The molecule has 0 saturated heterocycles. The molecule has 0 N–H and O–H groups in total. The van der Waals surface area contributed by atoms with Crippen LogP contribution in [0.15, 0.2) is 23.3 Å². The number of hydrogen-bond donors (Lipinski definition) is 0. The van der Waals surface area contributed by atoms with Gasteiger partial charge in [0.05, 0.1) is 0 Å². The van der Waals surface area contributed by atoms with Gasteiger partial charge in [0.15, 0.2) is 0 Å². The van der Waals surface area contributed by atoms with E-state index in [2.05, 4.69) is 0 Å². The van der Waals surface area contributed by atoms with Crippen LogP contribution in [0.3, 0.4) is 0 Å². The van der Waals surface area contributed by atoms with Crippen LogP contribution in [-0.2, 0) is 9.59 Å². The molecule has 1 fully saturated rings. The van der Waals surface area contributed by atoms with E-state index in [1.165, 1.54) is 0 Å². The van der Waals surface area contributed by atoms with E-state index in [0.29, 0.717) is 6.54 Å². The van der Waals surface area contributed by atoms with Crippen LogP contribution in [0.4, 0.5) is 4.48 Å². The number of likely N-dealkylation sites (N-methyl/N-ethyl adjacent to an activating group) is 1. The average Bonchev–Trinajstić information content (AvgIpc) is 2.86. The number of carbonyl (C=O) groups excluding carboxylic acids is 2. The van der Waals surface area contributed by atoms with Gasteiger partial charge in [-0.1, -0.05) is 35.9 Å². The minimum absolute atomic E-state index is 0.0775. The lowest BCUT2D eigenvalue weighted by Gasteiger charge is -2.36. The number of hydrogen-bond acceptors (Lipinski definition) is 2. The minimum Gasteiger partial charge on any atom is -0.322 e. The first-order valence-corrected chi connectivity index (χ1v) is 8.22. The van der Waals surface area contributed by atoms with Gasteiger partial charge in [-0.3, -0.25) is 9.59 Å². The Morgan fingerprint density at radius 3 is 2.73 bits per heavy atom. The SMILES string of the molecule is CN(F)C(=O)C(C1CCCCC1)N1CC2=C(C=CCC2)C1=O. The molecule has 0 bridgehead atoms. The van der Waals surface area contributed by atoms with Gasteiger partial charge < -0.3 is 4.90 Å². The van der Waals surface area contributed by atoms with Crippen molar-refractivity contribution in [3.63, 3.8) is 0 Å². The third-order valence-corrected chi connectivity index (χ3v) is 5.12. The third kappa shape index (κ3) is 2.69. The Bertz CT molecular complexity index is 533. The number of rotatable bonds is 3. The first-order chi connectivity index (χ1) is 10.6. The van der Waals surface area contributed by atoms with Gasteiger partial charge >= 0.3 is 0 Å². The van der Waals surface area contributed by atoms with Crippen molar-refractivity contribution in [2.24, 2.45) is 5.92 Å². The van der Waals surface area contributed by atoms with E-state index in [1.54, 1.807) is 4.90 Å². The molecule has 1 heterocycles. The number of carbonyl (C=O) groups is 2. The number of amides is 2. The van der Waals surface area contributed by atoms with Crippen LogP contribution >= 0.6 is 0 Å². The van der Waals surface area contributed by atoms with Crippen molar-refractivity contribution in [2.45, 2.75) is 51.0 Å². The first-order valence-electron chi connectivity index (χ1n) is 8.22. The van der Waals surface area contributed by atoms with Crippen LogP contribution in [-0.4, -0.2) is 41.5 Å². The molecule has 0 aromatic carbocycles. The first kappa shape index (κ1) is 15.3. The van der Waals surface area contributed by atoms with Gasteiger partial charge in [0.2, 0.25) is 0 Å². The van der Waals surface area contributed by atoms with Crippen molar-refractivity contribution in [1.82, 2.24) is 10.0 Å². The monoisotopic (exact) mass is 306 g/mol. The molecule has 22 heavy (non-hydrogen) atoms. The molecule has 5 heteroatoms. The fourth-order valence-corrected chi connectivity index (χ4v) is 3.98. The molecule has 0 radical (unpaired) electrons.